The van der Waals surface area contributed by atoms with Gasteiger partial charge in [-0.05, 0) is 25.7 Å². The second-order valence-corrected chi connectivity index (χ2v) is 4.85. The van der Waals surface area contributed by atoms with Crippen molar-refractivity contribution in [1.82, 2.24) is 5.06 Å². The molecule has 0 heterocycles. The van der Waals surface area contributed by atoms with E-state index in [1.54, 1.807) is 7.05 Å². The summed E-state index contributed by atoms with van der Waals surface area (Å²) in [4.78, 5) is 16.1. The lowest BCUT2D eigenvalue weighted by molar-refractivity contribution is -0.162. The van der Waals surface area contributed by atoms with Crippen molar-refractivity contribution < 1.29 is 14.7 Å². The minimum atomic E-state index is -0.192. The average Bonchev–Trinajstić information content (AvgIpc) is 2.42. The van der Waals surface area contributed by atoms with Gasteiger partial charge in [0.1, 0.15) is 0 Å². The average molecular weight is 271 g/mol. The second-order valence-electron chi connectivity index (χ2n) is 4.85. The Morgan fingerprint density at radius 3 is 2.58 bits per heavy atom. The summed E-state index contributed by atoms with van der Waals surface area (Å²) in [5, 5.41) is 10.9. The first-order chi connectivity index (χ1) is 9.11. The third-order valence-corrected chi connectivity index (χ3v) is 3.14. The highest BCUT2D eigenvalue weighted by Gasteiger charge is 2.04. The molecule has 0 radical (unpaired) electrons. The van der Waals surface area contributed by atoms with Gasteiger partial charge in [-0.25, -0.2) is 5.06 Å². The van der Waals surface area contributed by atoms with Crippen molar-refractivity contribution in [2.45, 2.75) is 64.4 Å². The molecule has 0 fully saturated rings. The molecule has 112 valence electrons. The molecule has 0 aromatic heterocycles. The number of allylic oxidation sites excluding steroid dienone is 1. The van der Waals surface area contributed by atoms with Gasteiger partial charge in [-0.15, -0.1) is 0 Å². The molecule has 1 amide bonds. The number of hydrogen-bond donors (Lipinski definition) is 1. The van der Waals surface area contributed by atoms with Crippen LogP contribution in [0.2, 0.25) is 0 Å². The summed E-state index contributed by atoms with van der Waals surface area (Å²) in [6, 6.07) is 0. The van der Waals surface area contributed by atoms with E-state index >= 15 is 0 Å². The van der Waals surface area contributed by atoms with E-state index in [1.165, 1.54) is 37.5 Å². The van der Waals surface area contributed by atoms with Gasteiger partial charge < -0.3 is 5.11 Å². The summed E-state index contributed by atoms with van der Waals surface area (Å²) in [7, 11) is 3.04. The lowest BCUT2D eigenvalue weighted by Crippen LogP contribution is -2.23. The summed E-state index contributed by atoms with van der Waals surface area (Å²) < 4.78 is 0. The summed E-state index contributed by atoms with van der Waals surface area (Å²) >= 11 is 0. The fourth-order valence-electron chi connectivity index (χ4n) is 1.80. The number of hydroxylamine groups is 2. The number of hydrogen-bond acceptors (Lipinski definition) is 3. The van der Waals surface area contributed by atoms with Gasteiger partial charge in [0.25, 0.3) is 5.91 Å². The van der Waals surface area contributed by atoms with E-state index in [0.717, 1.165) is 32.1 Å². The first-order valence-electron chi connectivity index (χ1n) is 7.28. The molecule has 0 bridgehead atoms. The lowest BCUT2D eigenvalue weighted by Gasteiger charge is -2.10. The molecule has 0 aromatic carbocycles. The highest BCUT2D eigenvalue weighted by molar-refractivity contribution is 5.86. The summed E-state index contributed by atoms with van der Waals surface area (Å²) in [5.41, 5.74) is 0. The second kappa shape index (κ2) is 12.2. The van der Waals surface area contributed by atoms with Crippen LogP contribution in [0.3, 0.4) is 0 Å². The van der Waals surface area contributed by atoms with Gasteiger partial charge in [-0.1, -0.05) is 38.7 Å². The molecule has 1 atom stereocenters. The number of aliphatic hydroxyl groups is 1. The van der Waals surface area contributed by atoms with E-state index in [-0.39, 0.29) is 12.0 Å². The number of likely N-dealkylation sites (N-methyl/N-ethyl adjacent to an activating group) is 1. The molecule has 0 spiro atoms. The topological polar surface area (TPSA) is 49.8 Å². The van der Waals surface area contributed by atoms with Crippen LogP contribution in [0.4, 0.5) is 0 Å². The molecule has 0 aromatic rings. The van der Waals surface area contributed by atoms with E-state index in [0.29, 0.717) is 0 Å². The van der Waals surface area contributed by atoms with Gasteiger partial charge in [-0.2, -0.15) is 0 Å². The van der Waals surface area contributed by atoms with Crippen molar-refractivity contribution in [2.75, 3.05) is 14.2 Å². The molecule has 0 aliphatic carbocycles. The third-order valence-electron chi connectivity index (χ3n) is 3.14. The molecule has 4 nitrogen and oxygen atoms in total. The zero-order chi connectivity index (χ0) is 14.5. The number of aliphatic hydroxyl groups excluding tert-OH is 1. The Bertz CT molecular complexity index is 254. The first kappa shape index (κ1) is 18.1. The highest BCUT2D eigenvalue weighted by Crippen LogP contribution is 2.10. The summed E-state index contributed by atoms with van der Waals surface area (Å²) in [5.74, 6) is -0.164. The molecule has 0 rings (SSSR count). The number of unbranched alkanes of at least 4 members (excludes halogenated alkanes) is 4. The molecule has 0 aliphatic rings. The maximum absolute atomic E-state index is 11.3. The van der Waals surface area contributed by atoms with Gasteiger partial charge in [-0.3, -0.25) is 9.63 Å². The van der Waals surface area contributed by atoms with Crippen LogP contribution in [-0.2, 0) is 9.63 Å². The summed E-state index contributed by atoms with van der Waals surface area (Å²) in [6.07, 6.45) is 11.4. The van der Waals surface area contributed by atoms with Crippen LogP contribution in [0.25, 0.3) is 0 Å². The minimum absolute atomic E-state index is 0.164. The van der Waals surface area contributed by atoms with Gasteiger partial charge in [0.05, 0.1) is 13.2 Å². The van der Waals surface area contributed by atoms with Gasteiger partial charge in [0, 0.05) is 13.1 Å². The van der Waals surface area contributed by atoms with Crippen molar-refractivity contribution in [2.24, 2.45) is 0 Å². The number of carbonyl (C=O) groups excluding carboxylic acids is 1. The quantitative estimate of drug-likeness (QED) is 0.357. The number of nitrogens with zero attached hydrogens (tertiary/aromatic N) is 1. The van der Waals surface area contributed by atoms with Gasteiger partial charge in [0.15, 0.2) is 0 Å². The van der Waals surface area contributed by atoms with Crippen molar-refractivity contribution in [1.29, 1.82) is 0 Å². The van der Waals surface area contributed by atoms with E-state index in [4.69, 9.17) is 4.84 Å². The van der Waals surface area contributed by atoms with E-state index in [1.807, 2.05) is 6.08 Å². The van der Waals surface area contributed by atoms with Crippen LogP contribution < -0.4 is 0 Å². The lowest BCUT2D eigenvalue weighted by atomic mass is 10.0. The van der Waals surface area contributed by atoms with Crippen LogP contribution in [0.1, 0.15) is 58.3 Å². The molecule has 0 saturated heterocycles. The Morgan fingerprint density at radius 1 is 1.26 bits per heavy atom. The van der Waals surface area contributed by atoms with Gasteiger partial charge >= 0.3 is 0 Å². The number of amides is 1. The fraction of sp³-hybridized carbons (Fsp3) is 0.800. The Morgan fingerprint density at radius 2 is 1.95 bits per heavy atom. The molecule has 0 aliphatic heterocycles. The third kappa shape index (κ3) is 10.7. The standard InChI is InChI=1S/C15H29NO3/c1-4-5-6-8-11-14(17)12-9-7-10-13-15(18)16(2)19-3/h10,13-14,17H,4-9,11-12H2,1-3H3/b13-10+. The van der Waals surface area contributed by atoms with Crippen LogP contribution in [0.5, 0.6) is 0 Å². The maximum Gasteiger partial charge on any atom is 0.269 e. The highest BCUT2D eigenvalue weighted by atomic mass is 16.7. The van der Waals surface area contributed by atoms with Crippen molar-refractivity contribution >= 4 is 5.91 Å². The number of carbonyl (C=O) groups is 1. The molecule has 0 saturated carbocycles. The SMILES string of the molecule is CCCCCCC(O)CCC/C=C/C(=O)N(C)OC. The maximum atomic E-state index is 11.3. The predicted octanol–water partition coefficient (Wildman–Crippen LogP) is 3.06. The molecular formula is C15H29NO3. The Kier molecular flexibility index (Phi) is 11.6. The van der Waals surface area contributed by atoms with Crippen molar-refractivity contribution in [3.63, 3.8) is 0 Å². The predicted molar refractivity (Wildman–Crippen MR) is 77.5 cm³/mol. The Balaban J connectivity index is 3.52. The molecule has 19 heavy (non-hydrogen) atoms. The molecular weight excluding hydrogens is 242 g/mol. The minimum Gasteiger partial charge on any atom is -0.393 e. The van der Waals surface area contributed by atoms with Gasteiger partial charge in [0.2, 0.25) is 0 Å². The van der Waals surface area contributed by atoms with Crippen LogP contribution in [0, 0.1) is 0 Å². The zero-order valence-electron chi connectivity index (χ0n) is 12.6. The van der Waals surface area contributed by atoms with Crippen molar-refractivity contribution in [3.8, 4) is 0 Å². The smallest absolute Gasteiger partial charge is 0.269 e. The Labute approximate surface area is 117 Å². The van der Waals surface area contributed by atoms with E-state index in [9.17, 15) is 9.90 Å². The molecule has 1 N–H and O–H groups in total. The van der Waals surface area contributed by atoms with E-state index in [2.05, 4.69) is 6.92 Å². The van der Waals surface area contributed by atoms with Crippen LogP contribution in [0.15, 0.2) is 12.2 Å². The fourth-order valence-corrected chi connectivity index (χ4v) is 1.80. The Hall–Kier alpha value is -0.870. The molecule has 4 heteroatoms. The van der Waals surface area contributed by atoms with Crippen molar-refractivity contribution in [3.05, 3.63) is 12.2 Å². The monoisotopic (exact) mass is 271 g/mol. The van der Waals surface area contributed by atoms with Crippen LogP contribution in [-0.4, -0.2) is 36.3 Å². The largest absolute Gasteiger partial charge is 0.393 e. The van der Waals surface area contributed by atoms with Crippen LogP contribution >= 0.6 is 0 Å². The van der Waals surface area contributed by atoms with E-state index < -0.39 is 0 Å². The normalized spacial score (nSPS) is 12.8. The zero-order valence-corrected chi connectivity index (χ0v) is 12.6. The first-order valence-corrected chi connectivity index (χ1v) is 7.28. The number of rotatable bonds is 11. The summed E-state index contributed by atoms with van der Waals surface area (Å²) in [6.45, 7) is 2.19. The molecule has 1 unspecified atom stereocenters.